The molecule has 0 aliphatic carbocycles. The van der Waals surface area contributed by atoms with Crippen molar-refractivity contribution in [1.29, 1.82) is 5.26 Å². The maximum Gasteiger partial charge on any atom is 0.222 e. The number of amides is 1. The number of fused-ring (bicyclic) bond motifs is 1. The van der Waals surface area contributed by atoms with Gasteiger partial charge in [-0.2, -0.15) is 5.26 Å². The molecule has 0 radical (unpaired) electrons. The standard InChI is InChI=1S/C19H14N6O2/c1-12(26)21-18-17(23-27-24-18)19-22-15-8-4-5-9-16(15)25(19)11-14-7-3-2-6-13(14)10-20/h2-9H,11H2,1H3,(H,21,24,26). The summed E-state index contributed by atoms with van der Waals surface area (Å²) in [6.45, 7) is 1.79. The zero-order valence-corrected chi connectivity index (χ0v) is 14.4. The van der Waals surface area contributed by atoms with Crippen LogP contribution in [-0.2, 0) is 11.3 Å². The number of nitriles is 1. The van der Waals surface area contributed by atoms with E-state index in [4.69, 9.17) is 4.63 Å². The van der Waals surface area contributed by atoms with E-state index in [9.17, 15) is 10.1 Å². The van der Waals surface area contributed by atoms with Gasteiger partial charge in [-0.1, -0.05) is 30.3 Å². The molecular formula is C19H14N6O2. The Morgan fingerprint density at radius 3 is 2.78 bits per heavy atom. The normalized spacial score (nSPS) is 10.7. The largest absolute Gasteiger partial charge is 0.318 e. The van der Waals surface area contributed by atoms with Crippen LogP contribution in [-0.4, -0.2) is 25.8 Å². The summed E-state index contributed by atoms with van der Waals surface area (Å²) >= 11 is 0. The first kappa shape index (κ1) is 16.5. The highest BCUT2D eigenvalue weighted by atomic mass is 16.6. The van der Waals surface area contributed by atoms with Crippen molar-refractivity contribution in [2.24, 2.45) is 0 Å². The summed E-state index contributed by atoms with van der Waals surface area (Å²) in [5.41, 5.74) is 3.40. The van der Waals surface area contributed by atoms with E-state index in [1.807, 2.05) is 47.0 Å². The Balaban J connectivity index is 1.90. The van der Waals surface area contributed by atoms with Gasteiger partial charge in [0.05, 0.1) is 29.2 Å². The molecule has 1 N–H and O–H groups in total. The van der Waals surface area contributed by atoms with Gasteiger partial charge in [0.2, 0.25) is 11.7 Å². The van der Waals surface area contributed by atoms with E-state index in [-0.39, 0.29) is 11.7 Å². The molecular weight excluding hydrogens is 344 g/mol. The van der Waals surface area contributed by atoms with Crippen molar-refractivity contribution in [3.05, 3.63) is 59.7 Å². The molecule has 132 valence electrons. The van der Waals surface area contributed by atoms with Crippen molar-refractivity contribution in [2.45, 2.75) is 13.5 Å². The van der Waals surface area contributed by atoms with Gasteiger partial charge in [0.25, 0.3) is 0 Å². The number of hydrogen-bond acceptors (Lipinski definition) is 6. The Morgan fingerprint density at radius 2 is 1.96 bits per heavy atom. The SMILES string of the molecule is CC(=O)Nc1nonc1-c1nc2ccccc2n1Cc1ccccc1C#N. The topological polar surface area (TPSA) is 110 Å². The zero-order chi connectivity index (χ0) is 18.8. The van der Waals surface area contributed by atoms with E-state index < -0.39 is 0 Å². The Hall–Kier alpha value is -3.99. The van der Waals surface area contributed by atoms with Gasteiger partial charge in [-0.05, 0) is 34.1 Å². The zero-order valence-electron chi connectivity index (χ0n) is 14.4. The van der Waals surface area contributed by atoms with E-state index >= 15 is 0 Å². The quantitative estimate of drug-likeness (QED) is 0.600. The molecule has 0 aliphatic heterocycles. The highest BCUT2D eigenvalue weighted by Gasteiger charge is 2.21. The Labute approximate surface area is 154 Å². The number of aromatic nitrogens is 4. The number of carbonyl (C=O) groups excluding carboxylic acids is 1. The number of benzene rings is 2. The van der Waals surface area contributed by atoms with Gasteiger partial charge in [0.15, 0.2) is 11.5 Å². The number of rotatable bonds is 4. The average molecular weight is 358 g/mol. The monoisotopic (exact) mass is 358 g/mol. The molecule has 8 heteroatoms. The predicted molar refractivity (Wildman–Crippen MR) is 97.6 cm³/mol. The number of nitrogens with zero attached hydrogens (tertiary/aromatic N) is 5. The summed E-state index contributed by atoms with van der Waals surface area (Å²) in [4.78, 5) is 16.1. The minimum Gasteiger partial charge on any atom is -0.318 e. The molecule has 0 saturated heterocycles. The molecule has 0 fully saturated rings. The maximum absolute atomic E-state index is 11.4. The van der Waals surface area contributed by atoms with Crippen LogP contribution >= 0.6 is 0 Å². The van der Waals surface area contributed by atoms with E-state index in [1.165, 1.54) is 6.92 Å². The molecule has 27 heavy (non-hydrogen) atoms. The first-order chi connectivity index (χ1) is 13.2. The number of anilines is 1. The van der Waals surface area contributed by atoms with Gasteiger partial charge in [-0.25, -0.2) is 9.61 Å². The molecule has 2 heterocycles. The lowest BCUT2D eigenvalue weighted by atomic mass is 10.1. The van der Waals surface area contributed by atoms with Gasteiger partial charge in [-0.15, -0.1) is 0 Å². The Kier molecular flexibility index (Phi) is 4.10. The molecule has 4 rings (SSSR count). The minimum absolute atomic E-state index is 0.202. The lowest BCUT2D eigenvalue weighted by molar-refractivity contribution is -0.114. The maximum atomic E-state index is 11.4. The average Bonchev–Trinajstić information content (AvgIpc) is 3.26. The summed E-state index contributed by atoms with van der Waals surface area (Å²) in [7, 11) is 0. The summed E-state index contributed by atoms with van der Waals surface area (Å²) in [5, 5.41) is 19.7. The van der Waals surface area contributed by atoms with Crippen molar-refractivity contribution in [1.82, 2.24) is 19.9 Å². The van der Waals surface area contributed by atoms with Gasteiger partial charge < -0.3 is 9.88 Å². The van der Waals surface area contributed by atoms with Crippen molar-refractivity contribution in [3.8, 4) is 17.6 Å². The van der Waals surface area contributed by atoms with Crippen LogP contribution in [0.5, 0.6) is 0 Å². The molecule has 2 aromatic heterocycles. The predicted octanol–water partition coefficient (Wildman–Crippen LogP) is 2.96. The summed E-state index contributed by atoms with van der Waals surface area (Å²) in [6.07, 6.45) is 0. The lowest BCUT2D eigenvalue weighted by Gasteiger charge is -2.10. The van der Waals surface area contributed by atoms with Crippen LogP contribution in [0.3, 0.4) is 0 Å². The highest BCUT2D eigenvalue weighted by molar-refractivity contribution is 5.91. The molecule has 0 atom stereocenters. The minimum atomic E-state index is -0.288. The number of hydrogen-bond donors (Lipinski definition) is 1. The van der Waals surface area contributed by atoms with Crippen LogP contribution in [0.4, 0.5) is 5.82 Å². The summed E-state index contributed by atoms with van der Waals surface area (Å²) < 4.78 is 6.75. The molecule has 8 nitrogen and oxygen atoms in total. The fourth-order valence-electron chi connectivity index (χ4n) is 2.94. The van der Waals surface area contributed by atoms with Gasteiger partial charge in [0.1, 0.15) is 0 Å². The fourth-order valence-corrected chi connectivity index (χ4v) is 2.94. The molecule has 0 aliphatic rings. The van der Waals surface area contributed by atoms with Crippen molar-refractivity contribution in [3.63, 3.8) is 0 Å². The third-order valence-electron chi connectivity index (χ3n) is 4.12. The first-order valence-electron chi connectivity index (χ1n) is 8.21. The lowest BCUT2D eigenvalue weighted by Crippen LogP contribution is -2.09. The van der Waals surface area contributed by atoms with Gasteiger partial charge >= 0.3 is 0 Å². The first-order valence-corrected chi connectivity index (χ1v) is 8.21. The van der Waals surface area contributed by atoms with Gasteiger partial charge in [0, 0.05) is 6.92 Å². The van der Waals surface area contributed by atoms with E-state index in [0.717, 1.165) is 16.6 Å². The van der Waals surface area contributed by atoms with E-state index in [0.29, 0.717) is 23.6 Å². The summed E-state index contributed by atoms with van der Waals surface area (Å²) in [5.74, 6) is 0.408. The third kappa shape index (κ3) is 3.02. The second-order valence-electron chi connectivity index (χ2n) is 5.92. The molecule has 1 amide bonds. The summed E-state index contributed by atoms with van der Waals surface area (Å²) in [6, 6.07) is 17.2. The number of imidazole rings is 1. The molecule has 0 saturated carbocycles. The van der Waals surface area contributed by atoms with E-state index in [2.05, 4.69) is 26.7 Å². The Morgan fingerprint density at radius 1 is 1.19 bits per heavy atom. The van der Waals surface area contributed by atoms with Crippen LogP contribution < -0.4 is 5.32 Å². The van der Waals surface area contributed by atoms with Crippen LogP contribution in [0.2, 0.25) is 0 Å². The highest BCUT2D eigenvalue weighted by Crippen LogP contribution is 2.29. The Bertz CT molecular complexity index is 1180. The molecule has 2 aromatic carbocycles. The number of nitrogens with one attached hydrogen (secondary N) is 1. The molecule has 4 aromatic rings. The number of carbonyl (C=O) groups is 1. The molecule has 0 spiro atoms. The fraction of sp³-hybridized carbons (Fsp3) is 0.105. The van der Waals surface area contributed by atoms with E-state index in [1.54, 1.807) is 6.07 Å². The van der Waals surface area contributed by atoms with Crippen LogP contribution in [0, 0.1) is 11.3 Å². The second-order valence-corrected chi connectivity index (χ2v) is 5.92. The number of para-hydroxylation sites is 2. The second kappa shape index (κ2) is 6.72. The van der Waals surface area contributed by atoms with Crippen LogP contribution in [0.1, 0.15) is 18.1 Å². The van der Waals surface area contributed by atoms with Crippen molar-refractivity contribution in [2.75, 3.05) is 5.32 Å². The van der Waals surface area contributed by atoms with Crippen LogP contribution in [0.15, 0.2) is 53.2 Å². The van der Waals surface area contributed by atoms with Crippen LogP contribution in [0.25, 0.3) is 22.6 Å². The third-order valence-corrected chi connectivity index (χ3v) is 4.12. The van der Waals surface area contributed by atoms with Gasteiger partial charge in [-0.3, -0.25) is 4.79 Å². The molecule has 0 bridgehead atoms. The van der Waals surface area contributed by atoms with Crippen molar-refractivity contribution < 1.29 is 9.42 Å². The smallest absolute Gasteiger partial charge is 0.222 e. The van der Waals surface area contributed by atoms with Crippen molar-refractivity contribution >= 4 is 22.8 Å². The molecule has 0 unspecified atom stereocenters.